The molecule has 4 aromatic carbocycles. The molecule has 4 aromatic rings. The van der Waals surface area contributed by atoms with Crippen LogP contribution in [0.1, 0.15) is 22.3 Å². The lowest BCUT2D eigenvalue weighted by molar-refractivity contribution is -0.0442. The molecule has 0 aliphatic heterocycles. The highest BCUT2D eigenvalue weighted by Gasteiger charge is 2.48. The second-order valence-corrected chi connectivity index (χ2v) is 16.4. The monoisotopic (exact) mass is 814 g/mol. The summed E-state index contributed by atoms with van der Waals surface area (Å²) in [5.74, 6) is -0.760. The van der Waals surface area contributed by atoms with E-state index in [4.69, 9.17) is 4.74 Å². The van der Waals surface area contributed by atoms with Crippen molar-refractivity contribution in [1.29, 1.82) is 0 Å². The molecule has 0 N–H and O–H groups in total. The fourth-order valence-corrected chi connectivity index (χ4v) is 7.07. The van der Waals surface area contributed by atoms with Gasteiger partial charge in [-0.2, -0.15) is 52.7 Å². The van der Waals surface area contributed by atoms with Gasteiger partial charge in [-0.3, -0.25) is 0 Å². The van der Waals surface area contributed by atoms with Gasteiger partial charge in [-0.05, 0) is 95.3 Å². The highest BCUT2D eigenvalue weighted by Crippen LogP contribution is 2.41. The van der Waals surface area contributed by atoms with E-state index in [0.717, 1.165) is 36.4 Å². The second-order valence-electron chi connectivity index (χ2n) is 10.3. The van der Waals surface area contributed by atoms with Crippen LogP contribution in [0.25, 0.3) is 0 Å². The third-order valence-electron chi connectivity index (χ3n) is 6.62. The SMILES string of the molecule is O=S(=O)(c1ccc(Oc2ccc(S(=O)(=O)C(F)(F)F)cc2Cc2ccc(SC(F)(F)F)cc2)c(Cc2ccc(SC(F)(F)F)cc2)c1)C(F)(F)F. The van der Waals surface area contributed by atoms with Crippen LogP contribution in [0.2, 0.25) is 0 Å². The number of hydrogen-bond acceptors (Lipinski definition) is 7. The molecule has 276 valence electrons. The van der Waals surface area contributed by atoms with Crippen molar-refractivity contribution in [3.8, 4) is 11.5 Å². The normalized spacial score (nSPS) is 13.3. The third-order valence-corrected chi connectivity index (χ3v) is 11.1. The maximum atomic E-state index is 13.4. The first kappa shape index (κ1) is 40.2. The minimum absolute atomic E-state index is 0.164. The lowest BCUT2D eigenvalue weighted by atomic mass is 10.0. The standard InChI is InChI=1S/C30H18F12O5S4/c31-27(32,33)48-21-5-1-17(2-6-21)13-19-15-23(50(43,44)29(37,38)39)9-11-25(19)47-26-12-10-24(51(45,46)30(40,41)42)16-20(26)14-18-3-7-22(8-4-18)49-28(34,35)36/h1-12,15-16H,13-14H2. The highest BCUT2D eigenvalue weighted by molar-refractivity contribution is 8.00. The molecular weight excluding hydrogens is 797 g/mol. The smallest absolute Gasteiger partial charge is 0.457 e. The Bertz CT molecular complexity index is 1940. The Balaban J connectivity index is 1.81. The van der Waals surface area contributed by atoms with Crippen LogP contribution >= 0.6 is 23.5 Å². The van der Waals surface area contributed by atoms with E-state index in [-0.39, 0.29) is 43.5 Å². The van der Waals surface area contributed by atoms with Gasteiger partial charge in [0.05, 0.1) is 9.79 Å². The predicted octanol–water partition coefficient (Wildman–Crippen LogP) is 10.5. The Morgan fingerprint density at radius 3 is 1.06 bits per heavy atom. The number of thioether (sulfide) groups is 2. The summed E-state index contributed by atoms with van der Waals surface area (Å²) in [5.41, 5.74) is -21.0. The van der Waals surface area contributed by atoms with Gasteiger partial charge in [-0.25, -0.2) is 16.8 Å². The topological polar surface area (TPSA) is 77.5 Å². The van der Waals surface area contributed by atoms with E-state index in [1.54, 1.807) is 0 Å². The lowest BCUT2D eigenvalue weighted by Gasteiger charge is -2.18. The zero-order valence-electron chi connectivity index (χ0n) is 24.7. The van der Waals surface area contributed by atoms with Gasteiger partial charge in [0.2, 0.25) is 0 Å². The van der Waals surface area contributed by atoms with E-state index in [9.17, 15) is 69.5 Å². The zero-order chi connectivity index (χ0) is 38.2. The van der Waals surface area contributed by atoms with Crippen molar-refractivity contribution in [1.82, 2.24) is 0 Å². The Hall–Kier alpha value is -3.56. The van der Waals surface area contributed by atoms with E-state index >= 15 is 0 Å². The number of sulfone groups is 2. The van der Waals surface area contributed by atoms with Crippen molar-refractivity contribution in [2.45, 2.75) is 54.5 Å². The first-order chi connectivity index (χ1) is 23.2. The molecule has 0 atom stereocenters. The van der Waals surface area contributed by atoms with Gasteiger partial charge in [0.15, 0.2) is 0 Å². The van der Waals surface area contributed by atoms with E-state index in [1.807, 2.05) is 0 Å². The molecule has 0 heterocycles. The van der Waals surface area contributed by atoms with Gasteiger partial charge >= 0.3 is 22.0 Å². The quantitative estimate of drug-likeness (QED) is 0.117. The van der Waals surface area contributed by atoms with Gasteiger partial charge < -0.3 is 4.74 Å². The van der Waals surface area contributed by atoms with Crippen molar-refractivity contribution in [3.63, 3.8) is 0 Å². The van der Waals surface area contributed by atoms with Crippen molar-refractivity contribution >= 4 is 43.2 Å². The third kappa shape index (κ3) is 10.3. The number of benzene rings is 4. The van der Waals surface area contributed by atoms with Crippen LogP contribution in [0.15, 0.2) is 105 Å². The van der Waals surface area contributed by atoms with E-state index in [2.05, 4.69) is 0 Å². The Labute approximate surface area is 289 Å². The predicted molar refractivity (Wildman–Crippen MR) is 162 cm³/mol. The van der Waals surface area contributed by atoms with Gasteiger partial charge in [-0.1, -0.05) is 24.3 Å². The fourth-order valence-electron chi connectivity index (χ4n) is 4.36. The summed E-state index contributed by atoms with van der Waals surface area (Å²) in [5, 5.41) is 0. The summed E-state index contributed by atoms with van der Waals surface area (Å²) in [6.45, 7) is 0. The minimum atomic E-state index is -5.94. The van der Waals surface area contributed by atoms with Crippen molar-refractivity contribution < 1.29 is 74.3 Å². The molecule has 51 heavy (non-hydrogen) atoms. The average Bonchev–Trinajstić information content (AvgIpc) is 2.98. The molecule has 0 fully saturated rings. The van der Waals surface area contributed by atoms with Crippen LogP contribution in [-0.4, -0.2) is 38.9 Å². The first-order valence-corrected chi connectivity index (χ1v) is 18.1. The van der Waals surface area contributed by atoms with Crippen molar-refractivity contribution in [2.75, 3.05) is 0 Å². The largest absolute Gasteiger partial charge is 0.501 e. The number of halogens is 12. The summed E-state index contributed by atoms with van der Waals surface area (Å²) < 4.78 is 211. The van der Waals surface area contributed by atoms with E-state index < -0.39 is 87.9 Å². The molecule has 4 rings (SSSR count). The molecule has 0 unspecified atom stereocenters. The Morgan fingerprint density at radius 1 is 0.471 bits per heavy atom. The summed E-state index contributed by atoms with van der Waals surface area (Å²) in [4.78, 5) is -2.99. The summed E-state index contributed by atoms with van der Waals surface area (Å²) >= 11 is -0.909. The van der Waals surface area contributed by atoms with Gasteiger partial charge in [0, 0.05) is 33.8 Å². The average molecular weight is 815 g/mol. The summed E-state index contributed by atoms with van der Waals surface area (Å²) in [6, 6.07) is 12.6. The van der Waals surface area contributed by atoms with Crippen LogP contribution in [0.4, 0.5) is 52.7 Å². The van der Waals surface area contributed by atoms with Crippen LogP contribution in [-0.2, 0) is 32.5 Å². The Kier molecular flexibility index (Phi) is 11.4. The number of hydrogen-bond donors (Lipinski definition) is 0. The molecule has 0 aliphatic carbocycles. The lowest BCUT2D eigenvalue weighted by Crippen LogP contribution is -2.23. The number of alkyl halides is 12. The van der Waals surface area contributed by atoms with Crippen LogP contribution in [0.5, 0.6) is 11.5 Å². The van der Waals surface area contributed by atoms with Crippen LogP contribution in [0.3, 0.4) is 0 Å². The van der Waals surface area contributed by atoms with Gasteiger partial charge in [-0.15, -0.1) is 0 Å². The molecule has 0 spiro atoms. The molecule has 0 saturated heterocycles. The van der Waals surface area contributed by atoms with Gasteiger partial charge in [0.25, 0.3) is 19.7 Å². The first-order valence-electron chi connectivity index (χ1n) is 13.5. The van der Waals surface area contributed by atoms with Crippen molar-refractivity contribution in [2.24, 2.45) is 0 Å². The van der Waals surface area contributed by atoms with E-state index in [1.165, 1.54) is 24.3 Å². The molecule has 0 radical (unpaired) electrons. The number of ether oxygens (including phenoxy) is 1. The molecule has 0 aromatic heterocycles. The van der Waals surface area contributed by atoms with Crippen LogP contribution < -0.4 is 4.74 Å². The molecule has 0 aliphatic rings. The molecule has 0 amide bonds. The highest BCUT2D eigenvalue weighted by atomic mass is 32.2. The minimum Gasteiger partial charge on any atom is -0.457 e. The molecule has 0 bridgehead atoms. The molecule has 21 heteroatoms. The van der Waals surface area contributed by atoms with Crippen LogP contribution in [0, 0.1) is 0 Å². The van der Waals surface area contributed by atoms with E-state index in [0.29, 0.717) is 24.3 Å². The van der Waals surface area contributed by atoms with Gasteiger partial charge in [0.1, 0.15) is 11.5 Å². The maximum Gasteiger partial charge on any atom is 0.501 e. The molecule has 5 nitrogen and oxygen atoms in total. The Morgan fingerprint density at radius 2 is 0.784 bits per heavy atom. The molecule has 0 saturated carbocycles. The molecular formula is C30H18F12O5S4. The zero-order valence-corrected chi connectivity index (χ0v) is 28.0. The summed E-state index contributed by atoms with van der Waals surface area (Å²) in [6.07, 6.45) is -0.885. The summed E-state index contributed by atoms with van der Waals surface area (Å²) in [7, 11) is -11.9. The van der Waals surface area contributed by atoms with Crippen molar-refractivity contribution in [3.05, 3.63) is 107 Å². The fraction of sp³-hybridized carbons (Fsp3) is 0.200. The maximum absolute atomic E-state index is 13.4. The number of rotatable bonds is 10. The second kappa shape index (κ2) is 14.5.